The van der Waals surface area contributed by atoms with Gasteiger partial charge in [-0.25, -0.2) is 0 Å². The molecule has 0 fully saturated rings. The molecule has 3 N–H and O–H groups in total. The third-order valence-corrected chi connectivity index (χ3v) is 2.53. The van der Waals surface area contributed by atoms with E-state index in [1.54, 1.807) is 6.07 Å². The summed E-state index contributed by atoms with van der Waals surface area (Å²) in [5, 5.41) is 3.71. The van der Waals surface area contributed by atoms with Crippen LogP contribution >= 0.6 is 12.4 Å². The summed E-state index contributed by atoms with van der Waals surface area (Å²) in [6.07, 6.45) is 0.756. The van der Waals surface area contributed by atoms with Crippen LogP contribution in [0, 0.1) is 0 Å². The minimum Gasteiger partial charge on any atom is -0.451 e. The van der Waals surface area contributed by atoms with Crippen molar-refractivity contribution in [3.05, 3.63) is 36.1 Å². The molecule has 0 aliphatic rings. The molecule has 0 saturated heterocycles. The average Bonchev–Trinajstić information content (AvgIpc) is 2.71. The summed E-state index contributed by atoms with van der Waals surface area (Å²) in [5.41, 5.74) is 6.33. The van der Waals surface area contributed by atoms with Gasteiger partial charge in [0.15, 0.2) is 5.76 Å². The van der Waals surface area contributed by atoms with Gasteiger partial charge in [-0.2, -0.15) is 0 Å². The predicted octanol–water partition coefficient (Wildman–Crippen LogP) is 2.32. The van der Waals surface area contributed by atoms with E-state index in [2.05, 4.69) is 5.32 Å². The van der Waals surface area contributed by atoms with Crippen molar-refractivity contribution in [1.29, 1.82) is 0 Å². The number of hydrogen-bond donors (Lipinski definition) is 2. The lowest BCUT2D eigenvalue weighted by molar-refractivity contribution is 0.0927. The summed E-state index contributed by atoms with van der Waals surface area (Å²) in [4.78, 5) is 11.8. The Morgan fingerprint density at radius 1 is 1.44 bits per heavy atom. The van der Waals surface area contributed by atoms with Gasteiger partial charge in [0.05, 0.1) is 0 Å². The second-order valence-corrected chi connectivity index (χ2v) is 4.17. The van der Waals surface area contributed by atoms with Crippen LogP contribution in [0.4, 0.5) is 0 Å². The fraction of sp³-hybridized carbons (Fsp3) is 0.308. The minimum absolute atomic E-state index is 0. The number of rotatable bonds is 4. The second kappa shape index (κ2) is 6.42. The first-order valence-corrected chi connectivity index (χ1v) is 5.69. The van der Waals surface area contributed by atoms with Crippen molar-refractivity contribution in [3.8, 4) is 0 Å². The number of carbonyl (C=O) groups is 1. The Hall–Kier alpha value is -1.52. The monoisotopic (exact) mass is 268 g/mol. The maximum absolute atomic E-state index is 11.8. The van der Waals surface area contributed by atoms with E-state index in [0.717, 1.165) is 17.4 Å². The molecule has 1 aromatic carbocycles. The summed E-state index contributed by atoms with van der Waals surface area (Å²) in [5.74, 6) is 0.151. The van der Waals surface area contributed by atoms with Gasteiger partial charge in [0.25, 0.3) is 5.91 Å². The van der Waals surface area contributed by atoms with E-state index in [4.69, 9.17) is 10.2 Å². The fourth-order valence-corrected chi connectivity index (χ4v) is 1.59. The number of hydrogen-bond acceptors (Lipinski definition) is 3. The molecule has 1 heterocycles. The lowest BCUT2D eigenvalue weighted by Crippen LogP contribution is -2.28. The van der Waals surface area contributed by atoms with E-state index in [1.165, 1.54) is 0 Å². The van der Waals surface area contributed by atoms with E-state index in [1.807, 2.05) is 31.2 Å². The highest BCUT2D eigenvalue weighted by atomic mass is 35.5. The summed E-state index contributed by atoms with van der Waals surface area (Å²) in [7, 11) is 0. The van der Waals surface area contributed by atoms with Gasteiger partial charge >= 0.3 is 0 Å². The molecule has 2 aromatic rings. The van der Waals surface area contributed by atoms with Crippen LogP contribution in [0.1, 0.15) is 23.9 Å². The van der Waals surface area contributed by atoms with Gasteiger partial charge < -0.3 is 15.5 Å². The van der Waals surface area contributed by atoms with Crippen LogP contribution in [0.2, 0.25) is 0 Å². The van der Waals surface area contributed by atoms with Crippen LogP contribution in [-0.4, -0.2) is 18.5 Å². The van der Waals surface area contributed by atoms with E-state index in [0.29, 0.717) is 12.3 Å². The van der Waals surface area contributed by atoms with E-state index >= 15 is 0 Å². The topological polar surface area (TPSA) is 68.3 Å². The molecule has 5 heteroatoms. The van der Waals surface area contributed by atoms with Crippen molar-refractivity contribution in [3.63, 3.8) is 0 Å². The van der Waals surface area contributed by atoms with Gasteiger partial charge in [-0.1, -0.05) is 18.2 Å². The summed E-state index contributed by atoms with van der Waals surface area (Å²) >= 11 is 0. The fourth-order valence-electron chi connectivity index (χ4n) is 1.59. The van der Waals surface area contributed by atoms with Gasteiger partial charge in [-0.05, 0) is 25.5 Å². The summed E-state index contributed by atoms with van der Waals surface area (Å²) in [6, 6.07) is 9.38. The van der Waals surface area contributed by atoms with Crippen LogP contribution in [0.5, 0.6) is 0 Å². The normalized spacial score (nSPS) is 11.9. The Balaban J connectivity index is 0.00000162. The maximum atomic E-state index is 11.8. The zero-order valence-electron chi connectivity index (χ0n) is 10.2. The first-order valence-electron chi connectivity index (χ1n) is 5.69. The highest BCUT2D eigenvalue weighted by Crippen LogP contribution is 2.18. The molecule has 18 heavy (non-hydrogen) atoms. The van der Waals surface area contributed by atoms with Crippen LogP contribution in [0.15, 0.2) is 34.7 Å². The average molecular weight is 269 g/mol. The molecular formula is C13H17ClN2O2. The van der Waals surface area contributed by atoms with Gasteiger partial charge in [-0.3, -0.25) is 4.79 Å². The highest BCUT2D eigenvalue weighted by Gasteiger charge is 2.11. The molecule has 0 aliphatic heterocycles. The Labute approximate surface area is 112 Å². The molecule has 1 amide bonds. The number of nitrogens with one attached hydrogen (secondary N) is 1. The molecule has 2 rings (SSSR count). The third-order valence-electron chi connectivity index (χ3n) is 2.53. The van der Waals surface area contributed by atoms with Crippen LogP contribution < -0.4 is 11.1 Å². The Morgan fingerprint density at radius 2 is 2.17 bits per heavy atom. The van der Waals surface area contributed by atoms with Gasteiger partial charge in [0.1, 0.15) is 5.58 Å². The number of benzene rings is 1. The van der Waals surface area contributed by atoms with E-state index in [-0.39, 0.29) is 24.4 Å². The number of para-hydroxylation sites is 1. The highest BCUT2D eigenvalue weighted by molar-refractivity contribution is 5.96. The van der Waals surface area contributed by atoms with Crippen molar-refractivity contribution >= 4 is 29.3 Å². The zero-order chi connectivity index (χ0) is 12.3. The Kier molecular flexibility index (Phi) is 5.19. The Bertz CT molecular complexity index is 489. The lowest BCUT2D eigenvalue weighted by Gasteiger charge is -2.05. The van der Waals surface area contributed by atoms with Crippen molar-refractivity contribution in [1.82, 2.24) is 5.32 Å². The standard InChI is InChI=1S/C13H16N2O2.ClH/c1-9(14)6-7-15-13(16)12-8-10-4-2-3-5-11(10)17-12;/h2-5,8-9H,6-7,14H2,1H3,(H,15,16);1H. The van der Waals surface area contributed by atoms with Crippen molar-refractivity contribution in [2.45, 2.75) is 19.4 Å². The first-order chi connectivity index (χ1) is 8.16. The molecule has 4 nitrogen and oxygen atoms in total. The molecular weight excluding hydrogens is 252 g/mol. The quantitative estimate of drug-likeness (QED) is 0.894. The number of fused-ring (bicyclic) bond motifs is 1. The molecule has 0 radical (unpaired) electrons. The Morgan fingerprint density at radius 3 is 2.83 bits per heavy atom. The number of carbonyl (C=O) groups excluding carboxylic acids is 1. The molecule has 0 spiro atoms. The van der Waals surface area contributed by atoms with Crippen LogP contribution in [0.25, 0.3) is 11.0 Å². The van der Waals surface area contributed by atoms with E-state index < -0.39 is 0 Å². The first kappa shape index (κ1) is 14.5. The van der Waals surface area contributed by atoms with Gasteiger partial charge in [-0.15, -0.1) is 12.4 Å². The molecule has 1 atom stereocenters. The molecule has 1 aromatic heterocycles. The minimum atomic E-state index is -0.193. The van der Waals surface area contributed by atoms with Crippen molar-refractivity contribution in [2.24, 2.45) is 5.73 Å². The molecule has 0 saturated carbocycles. The third kappa shape index (κ3) is 3.48. The molecule has 1 unspecified atom stereocenters. The molecule has 98 valence electrons. The molecule has 0 bridgehead atoms. The zero-order valence-corrected chi connectivity index (χ0v) is 11.0. The second-order valence-electron chi connectivity index (χ2n) is 4.17. The van der Waals surface area contributed by atoms with E-state index in [9.17, 15) is 4.79 Å². The number of amides is 1. The smallest absolute Gasteiger partial charge is 0.287 e. The maximum Gasteiger partial charge on any atom is 0.287 e. The number of halogens is 1. The van der Waals surface area contributed by atoms with Gasteiger partial charge in [0.2, 0.25) is 0 Å². The van der Waals surface area contributed by atoms with Crippen LogP contribution in [-0.2, 0) is 0 Å². The summed E-state index contributed by atoms with van der Waals surface area (Å²) in [6.45, 7) is 2.47. The SMILES string of the molecule is CC(N)CCNC(=O)c1cc2ccccc2o1.Cl. The predicted molar refractivity (Wildman–Crippen MR) is 74.1 cm³/mol. The van der Waals surface area contributed by atoms with Crippen molar-refractivity contribution < 1.29 is 9.21 Å². The summed E-state index contributed by atoms with van der Waals surface area (Å²) < 4.78 is 5.44. The van der Waals surface area contributed by atoms with Crippen LogP contribution in [0.3, 0.4) is 0 Å². The number of nitrogens with two attached hydrogens (primary N) is 1. The molecule has 0 aliphatic carbocycles. The lowest BCUT2D eigenvalue weighted by atomic mass is 10.2. The largest absolute Gasteiger partial charge is 0.451 e. The number of furan rings is 1. The van der Waals surface area contributed by atoms with Crippen molar-refractivity contribution in [2.75, 3.05) is 6.54 Å². The van der Waals surface area contributed by atoms with Gasteiger partial charge in [0, 0.05) is 18.0 Å².